The molecule has 0 aliphatic carbocycles. The molecule has 0 saturated carbocycles. The lowest BCUT2D eigenvalue weighted by Crippen LogP contribution is -2.65. The smallest absolute Gasteiger partial charge is 0.242 e. The number of guanidine groups is 1. The lowest BCUT2D eigenvalue weighted by molar-refractivity contribution is -0.148. The first-order valence-corrected chi connectivity index (χ1v) is 7.31. The molecule has 1 fully saturated rings. The van der Waals surface area contributed by atoms with E-state index >= 15 is 0 Å². The van der Waals surface area contributed by atoms with Crippen LogP contribution in [-0.4, -0.2) is 36.0 Å². The molecule has 1 saturated heterocycles. The minimum Gasteiger partial charge on any atom is -0.396 e. The summed E-state index contributed by atoms with van der Waals surface area (Å²) in [6.45, 7) is 6.25. The zero-order valence-corrected chi connectivity index (χ0v) is 12.5. The van der Waals surface area contributed by atoms with Crippen LogP contribution in [0.5, 0.6) is 0 Å². The molecule has 0 aromatic rings. The van der Waals surface area contributed by atoms with Gasteiger partial charge in [-0.3, -0.25) is 25.2 Å². The van der Waals surface area contributed by atoms with Crippen LogP contribution in [0, 0.1) is 11.3 Å². The Morgan fingerprint density at radius 1 is 1.25 bits per heavy atom. The van der Waals surface area contributed by atoms with Crippen molar-refractivity contribution in [3.05, 3.63) is 0 Å². The molecule has 3 N–H and O–H groups in total. The van der Waals surface area contributed by atoms with Crippen LogP contribution in [0.1, 0.15) is 46.5 Å². The third-order valence-corrected chi connectivity index (χ3v) is 3.98. The number of aliphatic hydroxyl groups is 1. The summed E-state index contributed by atoms with van der Waals surface area (Å²) in [6.07, 6.45) is 2.72. The van der Waals surface area contributed by atoms with E-state index in [9.17, 15) is 9.59 Å². The summed E-state index contributed by atoms with van der Waals surface area (Å²) in [6, 6.07) is 0. The fraction of sp³-hybridized carbons (Fsp3) is 0.786. The van der Waals surface area contributed by atoms with Gasteiger partial charge in [0.25, 0.3) is 0 Å². The van der Waals surface area contributed by atoms with Crippen LogP contribution in [0.2, 0.25) is 0 Å². The van der Waals surface area contributed by atoms with Gasteiger partial charge in [-0.05, 0) is 25.2 Å². The molecule has 0 aromatic heterocycles. The van der Waals surface area contributed by atoms with Crippen LogP contribution in [0.15, 0.2) is 4.99 Å². The summed E-state index contributed by atoms with van der Waals surface area (Å²) in [5.74, 6) is -0.363. The molecule has 6 nitrogen and oxygen atoms in total. The fourth-order valence-electron chi connectivity index (χ4n) is 2.71. The molecule has 0 bridgehead atoms. The zero-order valence-electron chi connectivity index (χ0n) is 12.5. The number of nitrogens with zero attached hydrogens (tertiary/aromatic N) is 1. The molecule has 114 valence electrons. The topological polar surface area (TPSA) is 90.8 Å². The molecule has 1 aliphatic rings. The molecular formula is C14H25N3O3. The summed E-state index contributed by atoms with van der Waals surface area (Å²) in [7, 11) is 0. The molecule has 0 spiro atoms. The maximum atomic E-state index is 12.4. The van der Waals surface area contributed by atoms with Crippen LogP contribution in [0.25, 0.3) is 0 Å². The molecule has 0 radical (unpaired) electrons. The van der Waals surface area contributed by atoms with Gasteiger partial charge in [-0.25, -0.2) is 0 Å². The van der Waals surface area contributed by atoms with Crippen molar-refractivity contribution in [2.75, 3.05) is 13.2 Å². The number of aliphatic imine (C=N–C) groups is 1. The highest BCUT2D eigenvalue weighted by atomic mass is 16.3. The molecular weight excluding hydrogens is 258 g/mol. The highest BCUT2D eigenvalue weighted by molar-refractivity contribution is 6.20. The summed E-state index contributed by atoms with van der Waals surface area (Å²) in [4.78, 5) is 28.9. The van der Waals surface area contributed by atoms with Gasteiger partial charge < -0.3 is 5.11 Å². The van der Waals surface area contributed by atoms with Gasteiger partial charge >= 0.3 is 0 Å². The van der Waals surface area contributed by atoms with Crippen molar-refractivity contribution >= 4 is 17.8 Å². The van der Waals surface area contributed by atoms with E-state index < -0.39 is 5.41 Å². The van der Waals surface area contributed by atoms with Crippen molar-refractivity contribution in [2.24, 2.45) is 16.3 Å². The van der Waals surface area contributed by atoms with Gasteiger partial charge in [-0.15, -0.1) is 0 Å². The third kappa shape index (κ3) is 3.17. The molecule has 1 aliphatic heterocycles. The Balaban J connectivity index is 2.89. The number of carbonyl (C=O) groups excluding carboxylic acids is 2. The minimum absolute atomic E-state index is 0.0171. The van der Waals surface area contributed by atoms with Crippen LogP contribution in [0.4, 0.5) is 0 Å². The van der Waals surface area contributed by atoms with Crippen molar-refractivity contribution in [3.63, 3.8) is 0 Å². The van der Waals surface area contributed by atoms with Crippen molar-refractivity contribution in [1.82, 2.24) is 10.6 Å². The number of rotatable bonds is 7. The van der Waals surface area contributed by atoms with Gasteiger partial charge in [0.15, 0.2) is 0 Å². The number of amides is 2. The molecule has 6 heteroatoms. The van der Waals surface area contributed by atoms with E-state index in [2.05, 4.69) is 15.6 Å². The third-order valence-electron chi connectivity index (χ3n) is 3.98. The number of hydrogen-bond donors (Lipinski definition) is 3. The van der Waals surface area contributed by atoms with E-state index in [1.54, 1.807) is 0 Å². The molecule has 20 heavy (non-hydrogen) atoms. The van der Waals surface area contributed by atoms with E-state index in [1.807, 2.05) is 20.8 Å². The maximum Gasteiger partial charge on any atom is 0.242 e. The zero-order chi connectivity index (χ0) is 15.2. The Hall–Kier alpha value is -1.43. The number of aliphatic hydroxyl groups excluding tert-OH is 1. The molecule has 0 unspecified atom stereocenters. The van der Waals surface area contributed by atoms with Crippen LogP contribution >= 0.6 is 0 Å². The van der Waals surface area contributed by atoms with Crippen molar-refractivity contribution in [3.8, 4) is 0 Å². The van der Waals surface area contributed by atoms with Crippen LogP contribution < -0.4 is 10.6 Å². The second-order valence-electron chi connectivity index (χ2n) is 5.23. The normalized spacial score (nSPS) is 24.1. The number of carbonyl (C=O) groups is 2. The summed E-state index contributed by atoms with van der Waals surface area (Å²) < 4.78 is 0. The maximum absolute atomic E-state index is 12.4. The Bertz CT molecular complexity index is 373. The number of nitrogens with one attached hydrogen (secondary N) is 2. The Kier molecular flexibility index (Phi) is 6.13. The van der Waals surface area contributed by atoms with Gasteiger partial charge in [0, 0.05) is 13.2 Å². The molecule has 1 heterocycles. The second kappa shape index (κ2) is 7.38. The molecule has 0 aromatic carbocycles. The monoisotopic (exact) mass is 283 g/mol. The average molecular weight is 283 g/mol. The highest BCUT2D eigenvalue weighted by Crippen LogP contribution is 2.36. The first kappa shape index (κ1) is 16.6. The van der Waals surface area contributed by atoms with Gasteiger partial charge in [-0.2, -0.15) is 0 Å². The highest BCUT2D eigenvalue weighted by Gasteiger charge is 2.51. The lowest BCUT2D eigenvalue weighted by Gasteiger charge is -2.39. The molecule has 1 atom stereocenters. The van der Waals surface area contributed by atoms with Gasteiger partial charge in [0.1, 0.15) is 5.41 Å². The van der Waals surface area contributed by atoms with Crippen molar-refractivity contribution in [2.45, 2.75) is 46.5 Å². The van der Waals surface area contributed by atoms with Crippen LogP contribution in [0.3, 0.4) is 0 Å². The van der Waals surface area contributed by atoms with Crippen molar-refractivity contribution < 1.29 is 14.7 Å². The Labute approximate surface area is 120 Å². The predicted octanol–water partition coefficient (Wildman–Crippen LogP) is 0.803. The van der Waals surface area contributed by atoms with Gasteiger partial charge in [0.05, 0.1) is 0 Å². The van der Waals surface area contributed by atoms with E-state index in [1.165, 1.54) is 0 Å². The SMILES string of the molecule is CCC[C@@H](C)C1(CC)C(=O)NC(=NCCCO)NC1=O. The van der Waals surface area contributed by atoms with E-state index in [0.717, 1.165) is 12.8 Å². The first-order valence-electron chi connectivity index (χ1n) is 7.31. The first-order chi connectivity index (χ1) is 9.52. The quantitative estimate of drug-likeness (QED) is 0.477. The lowest BCUT2D eigenvalue weighted by atomic mass is 9.70. The second-order valence-corrected chi connectivity index (χ2v) is 5.23. The average Bonchev–Trinajstić information content (AvgIpc) is 2.39. The Morgan fingerprint density at radius 3 is 2.30 bits per heavy atom. The predicted molar refractivity (Wildman–Crippen MR) is 77.1 cm³/mol. The summed E-state index contributed by atoms with van der Waals surface area (Å²) in [5, 5.41) is 14.1. The summed E-state index contributed by atoms with van der Waals surface area (Å²) >= 11 is 0. The molecule has 1 rings (SSSR count). The molecule has 2 amide bonds. The van der Waals surface area contributed by atoms with Crippen molar-refractivity contribution in [1.29, 1.82) is 0 Å². The standard InChI is InChI=1S/C14H25N3O3/c1-4-7-10(3)14(5-2)11(19)16-13(17-12(14)20)15-8-6-9-18/h10,18H,4-9H2,1-3H3,(H2,15,16,17,19,20)/t10-/m1/s1. The van der Waals surface area contributed by atoms with E-state index in [-0.39, 0.29) is 30.3 Å². The minimum atomic E-state index is -1.01. The fourth-order valence-corrected chi connectivity index (χ4v) is 2.71. The van der Waals surface area contributed by atoms with Gasteiger partial charge in [0.2, 0.25) is 17.8 Å². The van der Waals surface area contributed by atoms with E-state index in [0.29, 0.717) is 19.4 Å². The van der Waals surface area contributed by atoms with E-state index in [4.69, 9.17) is 5.11 Å². The Morgan fingerprint density at radius 2 is 1.85 bits per heavy atom. The largest absolute Gasteiger partial charge is 0.396 e. The number of hydrogen-bond acceptors (Lipinski definition) is 4. The van der Waals surface area contributed by atoms with Crippen LogP contribution in [-0.2, 0) is 9.59 Å². The summed E-state index contributed by atoms with van der Waals surface area (Å²) in [5.41, 5.74) is -1.01. The van der Waals surface area contributed by atoms with Gasteiger partial charge in [-0.1, -0.05) is 27.2 Å².